The Morgan fingerprint density at radius 3 is 0.769 bits per heavy atom. The van der Waals surface area contributed by atoms with Gasteiger partial charge in [0.25, 0.3) is 16.8 Å². The van der Waals surface area contributed by atoms with E-state index in [0.29, 0.717) is 11.3 Å². The van der Waals surface area contributed by atoms with Crippen LogP contribution in [-0.4, -0.2) is 11.3 Å². The molecule has 0 spiro atoms. The summed E-state index contributed by atoms with van der Waals surface area (Å²) in [5, 5.41) is 0. The molecule has 0 aromatic heterocycles. The summed E-state index contributed by atoms with van der Waals surface area (Å²) in [5.74, 6) is 3.53. The van der Waals surface area contributed by atoms with Gasteiger partial charge in [-0.1, -0.05) is 207 Å². The molecule has 0 radical (unpaired) electrons. The second-order valence-electron chi connectivity index (χ2n) is 15.9. The first-order valence-corrected chi connectivity index (χ1v) is 24.8. The molecule has 326 valence electrons. The summed E-state index contributed by atoms with van der Waals surface area (Å²) < 4.78 is 26.8. The van der Waals surface area contributed by atoms with Gasteiger partial charge in [0.05, 0.1) is 0 Å². The molecule has 2 saturated carbocycles. The molecule has 10 rings (SSSR count). The van der Waals surface area contributed by atoms with Gasteiger partial charge in [0.1, 0.15) is 23.0 Å². The number of para-hydroxylation sites is 4. The zero-order valence-corrected chi connectivity index (χ0v) is 39.1. The Morgan fingerprint density at radius 2 is 0.538 bits per heavy atom. The minimum Gasteiger partial charge on any atom is -0.438 e. The van der Waals surface area contributed by atoms with E-state index in [-0.39, 0.29) is 17.1 Å². The first-order valence-electron chi connectivity index (χ1n) is 22.3. The minimum absolute atomic E-state index is 0. The van der Waals surface area contributed by atoms with E-state index < -0.39 is 16.8 Å². The Kier molecular flexibility index (Phi) is 16.6. The summed E-state index contributed by atoms with van der Waals surface area (Å²) in [6.45, 7) is 0. The second-order valence-corrected chi connectivity index (χ2v) is 19.2. The Bertz CT molecular complexity index is 2300. The van der Waals surface area contributed by atoms with Crippen LogP contribution < -0.4 is 18.1 Å². The van der Waals surface area contributed by atoms with E-state index in [1.54, 1.807) is 0 Å². The van der Waals surface area contributed by atoms with Crippen LogP contribution in [0.25, 0.3) is 44.5 Å². The number of rotatable bonds is 14. The fourth-order valence-electron chi connectivity index (χ4n) is 8.19. The maximum absolute atomic E-state index is 6.70. The van der Waals surface area contributed by atoms with Crippen LogP contribution in [0.5, 0.6) is 23.0 Å². The molecule has 8 aromatic carbocycles. The predicted molar refractivity (Wildman–Crippen MR) is 268 cm³/mol. The van der Waals surface area contributed by atoms with Crippen molar-refractivity contribution in [2.75, 3.05) is 0 Å². The SMILES string of the molecule is [Fe+2].c1ccc(-c2ccccc2OP(Oc2ccccc2-c2ccccc2)C2C[CH-]CC2)cc1.c1ccc(-c2ccccc2OP(Oc2ccccc2-c2ccccc2)C2C[CH-]CC2)cc1. The summed E-state index contributed by atoms with van der Waals surface area (Å²) in [6, 6.07) is 74.8. The molecular weight excluding hydrogens is 878 g/mol. The maximum Gasteiger partial charge on any atom is 2.00 e. The molecule has 0 aliphatic heterocycles. The first kappa shape index (κ1) is 45.9. The molecule has 2 aliphatic carbocycles. The first-order chi connectivity index (χ1) is 31.8. The van der Waals surface area contributed by atoms with E-state index in [1.807, 2.05) is 48.5 Å². The summed E-state index contributed by atoms with van der Waals surface area (Å²) >= 11 is 0. The van der Waals surface area contributed by atoms with Crippen LogP contribution >= 0.6 is 16.8 Å². The van der Waals surface area contributed by atoms with Gasteiger partial charge in [-0.25, -0.2) is 0 Å². The quantitative estimate of drug-likeness (QED) is 0.0618. The van der Waals surface area contributed by atoms with Gasteiger partial charge in [-0.05, 0) is 46.5 Å². The van der Waals surface area contributed by atoms with Crippen molar-refractivity contribution >= 4 is 16.8 Å². The van der Waals surface area contributed by atoms with E-state index in [4.69, 9.17) is 18.1 Å². The molecule has 0 N–H and O–H groups in total. The van der Waals surface area contributed by atoms with Crippen molar-refractivity contribution in [3.63, 3.8) is 0 Å². The molecular formula is C58H52FeO4P2. The summed E-state index contributed by atoms with van der Waals surface area (Å²) in [7, 11) is -2.32. The van der Waals surface area contributed by atoms with Crippen molar-refractivity contribution in [2.45, 2.75) is 49.8 Å². The van der Waals surface area contributed by atoms with Gasteiger partial charge >= 0.3 is 17.1 Å². The number of hydrogen-bond donors (Lipinski definition) is 0. The van der Waals surface area contributed by atoms with Crippen LogP contribution in [0.15, 0.2) is 218 Å². The molecule has 2 atom stereocenters. The largest absolute Gasteiger partial charge is 2.00 e. The minimum atomic E-state index is -1.16. The average Bonchev–Trinajstić information content (AvgIpc) is 4.13. The molecule has 0 heterocycles. The third kappa shape index (κ3) is 12.0. The van der Waals surface area contributed by atoms with E-state index in [2.05, 4.69) is 183 Å². The zero-order valence-electron chi connectivity index (χ0n) is 36.2. The van der Waals surface area contributed by atoms with Gasteiger partial charge in [-0.15, -0.1) is 0 Å². The maximum atomic E-state index is 6.70. The van der Waals surface area contributed by atoms with Crippen LogP contribution in [0, 0.1) is 12.8 Å². The Balaban J connectivity index is 0.000000175. The van der Waals surface area contributed by atoms with Crippen LogP contribution in [0.3, 0.4) is 0 Å². The fraction of sp³-hybridized carbons (Fsp3) is 0.138. The standard InChI is InChI=1S/2C29H26O2P.Fe/c2*1-3-13-23(14-4-1)26-19-9-11-21-28(26)30-32(25-17-7-8-18-25)31-29-22-12-10-20-27(29)24-15-5-2-6-16-24;/h2*1-7,9-16,19-22,25H,8,17-18H2;/q2*-1;+2. The van der Waals surface area contributed by atoms with Crippen molar-refractivity contribution in [1.82, 2.24) is 0 Å². The third-order valence-electron chi connectivity index (χ3n) is 11.5. The van der Waals surface area contributed by atoms with Gasteiger partial charge in [-0.3, -0.25) is 0 Å². The Morgan fingerprint density at radius 1 is 0.308 bits per heavy atom. The number of hydrogen-bond acceptors (Lipinski definition) is 4. The molecule has 0 bridgehead atoms. The molecule has 65 heavy (non-hydrogen) atoms. The monoisotopic (exact) mass is 930 g/mol. The molecule has 2 fully saturated rings. The zero-order chi connectivity index (χ0) is 43.2. The van der Waals surface area contributed by atoms with Crippen molar-refractivity contribution in [2.24, 2.45) is 0 Å². The third-order valence-corrected chi connectivity index (χ3v) is 15.2. The smallest absolute Gasteiger partial charge is 0.438 e. The predicted octanol–water partition coefficient (Wildman–Crippen LogP) is 17.1. The summed E-state index contributed by atoms with van der Waals surface area (Å²) in [5.41, 5.74) is 9.79. The van der Waals surface area contributed by atoms with Crippen molar-refractivity contribution < 1.29 is 35.2 Å². The fourth-order valence-corrected chi connectivity index (χ4v) is 11.6. The van der Waals surface area contributed by atoms with Crippen LogP contribution in [0.4, 0.5) is 0 Å². The van der Waals surface area contributed by atoms with Gasteiger partial charge in [0, 0.05) is 33.6 Å². The molecule has 2 aliphatic rings. The van der Waals surface area contributed by atoms with Crippen LogP contribution in [0.1, 0.15) is 38.5 Å². The van der Waals surface area contributed by atoms with Gasteiger partial charge < -0.3 is 30.9 Å². The normalized spacial score (nSPS) is 15.4. The van der Waals surface area contributed by atoms with Gasteiger partial charge in [0.15, 0.2) is 0 Å². The van der Waals surface area contributed by atoms with E-state index in [9.17, 15) is 0 Å². The van der Waals surface area contributed by atoms with E-state index in [0.717, 1.165) is 106 Å². The Hall–Kier alpha value is -5.66. The molecule has 0 amide bonds. The Labute approximate surface area is 398 Å². The summed E-state index contributed by atoms with van der Waals surface area (Å²) in [6.07, 6.45) is 11.2. The second kappa shape index (κ2) is 23.5. The molecule has 0 saturated heterocycles. The van der Waals surface area contributed by atoms with Crippen molar-refractivity contribution in [3.05, 3.63) is 231 Å². The van der Waals surface area contributed by atoms with Crippen LogP contribution in [-0.2, 0) is 17.1 Å². The molecule has 2 unspecified atom stereocenters. The molecule has 7 heteroatoms. The molecule has 4 nitrogen and oxygen atoms in total. The average molecular weight is 931 g/mol. The number of benzene rings is 8. The van der Waals surface area contributed by atoms with Gasteiger partial charge in [0.2, 0.25) is 0 Å². The summed E-state index contributed by atoms with van der Waals surface area (Å²) in [4.78, 5) is 0. The van der Waals surface area contributed by atoms with Crippen molar-refractivity contribution in [1.29, 1.82) is 0 Å². The van der Waals surface area contributed by atoms with E-state index in [1.165, 1.54) is 0 Å². The van der Waals surface area contributed by atoms with Crippen molar-refractivity contribution in [3.8, 4) is 67.5 Å². The van der Waals surface area contributed by atoms with E-state index >= 15 is 0 Å². The topological polar surface area (TPSA) is 36.9 Å². The van der Waals surface area contributed by atoms with Gasteiger partial charge in [-0.2, -0.15) is 25.7 Å². The molecule has 8 aromatic rings. The van der Waals surface area contributed by atoms with Crippen LogP contribution in [0.2, 0.25) is 0 Å².